The molecule has 37 heavy (non-hydrogen) atoms. The molecule has 1 N–H and O–H groups in total. The van der Waals surface area contributed by atoms with Crippen molar-refractivity contribution in [2.45, 2.75) is 24.8 Å². The van der Waals surface area contributed by atoms with E-state index in [-0.39, 0.29) is 12.0 Å². The minimum absolute atomic E-state index is 0.187. The summed E-state index contributed by atoms with van der Waals surface area (Å²) in [6.07, 6.45) is 8.79. The van der Waals surface area contributed by atoms with E-state index in [1.165, 1.54) is 10.2 Å². The van der Waals surface area contributed by atoms with Gasteiger partial charge in [0.2, 0.25) is 0 Å². The van der Waals surface area contributed by atoms with E-state index in [0.717, 1.165) is 46.3 Å². The number of carboxylic acid groups (broad SMARTS) is 1. The van der Waals surface area contributed by atoms with Gasteiger partial charge >= 0.3 is 5.97 Å². The summed E-state index contributed by atoms with van der Waals surface area (Å²) in [5.74, 6) is 0.301. The summed E-state index contributed by atoms with van der Waals surface area (Å²) in [7, 11) is 0. The minimum atomic E-state index is -0.939. The number of pyridine rings is 1. The molecule has 0 radical (unpaired) electrons. The molecule has 0 saturated heterocycles. The van der Waals surface area contributed by atoms with Gasteiger partial charge < -0.3 is 5.11 Å². The summed E-state index contributed by atoms with van der Waals surface area (Å²) in [6, 6.07) is 18.2. The van der Waals surface area contributed by atoms with Crippen LogP contribution in [0.1, 0.15) is 24.2 Å². The van der Waals surface area contributed by atoms with Gasteiger partial charge in [-0.15, -0.1) is 10.2 Å². The van der Waals surface area contributed by atoms with E-state index in [1.807, 2.05) is 30.3 Å². The van der Waals surface area contributed by atoms with Crippen LogP contribution in [0.25, 0.3) is 39.1 Å². The Morgan fingerprint density at radius 1 is 0.946 bits per heavy atom. The third kappa shape index (κ3) is 3.61. The maximum atomic E-state index is 11.0. The molecule has 10 nitrogen and oxygen atoms in total. The number of hydrogen-bond acceptors (Lipinski definition) is 7. The van der Waals surface area contributed by atoms with Gasteiger partial charge in [-0.05, 0) is 48.2 Å². The van der Waals surface area contributed by atoms with Crippen LogP contribution in [0.2, 0.25) is 0 Å². The second-order valence-electron chi connectivity index (χ2n) is 9.27. The van der Waals surface area contributed by atoms with Crippen molar-refractivity contribution in [1.29, 1.82) is 0 Å². The van der Waals surface area contributed by atoms with Crippen LogP contribution >= 0.6 is 0 Å². The van der Waals surface area contributed by atoms with Crippen LogP contribution in [0.4, 0.5) is 0 Å². The molecular weight excluding hydrogens is 468 g/mol. The number of fused-ring (bicyclic) bond motifs is 2. The molecule has 0 amide bonds. The van der Waals surface area contributed by atoms with Crippen molar-refractivity contribution in [3.63, 3.8) is 0 Å². The summed E-state index contributed by atoms with van der Waals surface area (Å²) in [5.41, 5.74) is 5.18. The van der Waals surface area contributed by atoms with Crippen molar-refractivity contribution in [3.8, 4) is 22.4 Å². The Morgan fingerprint density at radius 2 is 1.84 bits per heavy atom. The fourth-order valence-corrected chi connectivity index (χ4v) is 4.86. The largest absolute Gasteiger partial charge is 0.480 e. The first-order valence-electron chi connectivity index (χ1n) is 11.9. The summed E-state index contributed by atoms with van der Waals surface area (Å²) in [6.45, 7) is -0.187. The van der Waals surface area contributed by atoms with Crippen molar-refractivity contribution < 1.29 is 9.90 Å². The second-order valence-corrected chi connectivity index (χ2v) is 9.27. The van der Waals surface area contributed by atoms with E-state index < -0.39 is 5.97 Å². The van der Waals surface area contributed by atoms with Gasteiger partial charge in [0.1, 0.15) is 12.2 Å². The maximum Gasteiger partial charge on any atom is 0.325 e. The molecule has 0 unspecified atom stereocenters. The molecule has 10 heteroatoms. The molecule has 6 aromatic rings. The van der Waals surface area contributed by atoms with Crippen molar-refractivity contribution in [2.24, 2.45) is 0 Å². The van der Waals surface area contributed by atoms with Crippen LogP contribution in [-0.4, -0.2) is 50.6 Å². The van der Waals surface area contributed by atoms with Gasteiger partial charge in [-0.3, -0.25) is 14.5 Å². The monoisotopic (exact) mass is 488 g/mol. The Morgan fingerprint density at radius 3 is 2.70 bits per heavy atom. The van der Waals surface area contributed by atoms with Gasteiger partial charge in [0.15, 0.2) is 5.82 Å². The average molecular weight is 489 g/mol. The second kappa shape index (κ2) is 8.02. The average Bonchev–Trinajstić information content (AvgIpc) is 3.40. The molecule has 0 bridgehead atoms. The molecule has 1 aliphatic rings. The normalized spacial score (nSPS) is 14.3. The van der Waals surface area contributed by atoms with Gasteiger partial charge in [0.05, 0.1) is 23.3 Å². The van der Waals surface area contributed by atoms with Crippen LogP contribution in [-0.2, 0) is 16.8 Å². The molecule has 0 atom stereocenters. The van der Waals surface area contributed by atoms with Crippen molar-refractivity contribution in [2.75, 3.05) is 0 Å². The SMILES string of the molecule is O=C(O)Cn1cc(-c2cccc(-c3cnc4nnc(C5(c6ccc7ncccc7c6)CC5)n4n3)c2)cn1. The number of nitrogens with zero attached hydrogens (tertiary/aromatic N) is 8. The lowest BCUT2D eigenvalue weighted by Gasteiger charge is -2.14. The molecule has 0 aliphatic heterocycles. The summed E-state index contributed by atoms with van der Waals surface area (Å²) in [5, 5.41) is 28.0. The van der Waals surface area contributed by atoms with Crippen molar-refractivity contribution in [1.82, 2.24) is 39.6 Å². The first-order valence-corrected chi connectivity index (χ1v) is 11.9. The number of aromatic nitrogens is 8. The van der Waals surface area contributed by atoms with E-state index in [0.29, 0.717) is 11.5 Å². The number of hydrogen-bond donors (Lipinski definition) is 1. The summed E-state index contributed by atoms with van der Waals surface area (Å²) < 4.78 is 3.16. The lowest BCUT2D eigenvalue weighted by atomic mass is 9.94. The summed E-state index contributed by atoms with van der Waals surface area (Å²) in [4.78, 5) is 20.0. The molecule has 4 heterocycles. The molecule has 180 valence electrons. The lowest BCUT2D eigenvalue weighted by Crippen LogP contribution is -2.15. The van der Waals surface area contributed by atoms with E-state index >= 15 is 0 Å². The molecule has 1 fully saturated rings. The Balaban J connectivity index is 1.27. The minimum Gasteiger partial charge on any atom is -0.480 e. The first kappa shape index (κ1) is 21.3. The summed E-state index contributed by atoms with van der Waals surface area (Å²) >= 11 is 0. The molecule has 7 rings (SSSR count). The third-order valence-corrected chi connectivity index (χ3v) is 6.89. The number of rotatable bonds is 6. The van der Waals surface area contributed by atoms with Crippen molar-refractivity contribution >= 4 is 22.6 Å². The van der Waals surface area contributed by atoms with E-state index in [4.69, 9.17) is 10.2 Å². The number of benzene rings is 2. The number of carboxylic acids is 1. The van der Waals surface area contributed by atoms with E-state index in [2.05, 4.69) is 49.5 Å². The topological polar surface area (TPSA) is 124 Å². The van der Waals surface area contributed by atoms with Crippen LogP contribution < -0.4 is 0 Å². The number of aliphatic carboxylic acids is 1. The highest BCUT2D eigenvalue weighted by Gasteiger charge is 2.50. The van der Waals surface area contributed by atoms with Crippen molar-refractivity contribution in [3.05, 3.63) is 90.8 Å². The zero-order chi connectivity index (χ0) is 25.0. The molecule has 4 aromatic heterocycles. The fourth-order valence-electron chi connectivity index (χ4n) is 4.86. The highest BCUT2D eigenvalue weighted by molar-refractivity contribution is 5.79. The zero-order valence-corrected chi connectivity index (χ0v) is 19.6. The Hall–Kier alpha value is -4.99. The standard InChI is InChI=1S/C27H20N8O2/c36-24(37)16-34-15-20(13-30-34)17-3-1-4-18(11-17)23-14-29-26-32-31-25(35(26)33-23)27(8-9-27)21-6-7-22-19(12-21)5-2-10-28-22/h1-7,10-15H,8-9,16H2,(H,36,37). The molecular formula is C27H20N8O2. The van der Waals surface area contributed by atoms with E-state index in [9.17, 15) is 4.79 Å². The first-order chi connectivity index (χ1) is 18.1. The third-order valence-electron chi connectivity index (χ3n) is 6.89. The smallest absolute Gasteiger partial charge is 0.325 e. The van der Waals surface area contributed by atoms with Crippen LogP contribution in [0, 0.1) is 0 Å². The predicted octanol–water partition coefficient (Wildman–Crippen LogP) is 3.76. The Kier molecular flexibility index (Phi) is 4.62. The molecule has 2 aromatic carbocycles. The zero-order valence-electron chi connectivity index (χ0n) is 19.6. The van der Waals surface area contributed by atoms with Crippen LogP contribution in [0.5, 0.6) is 0 Å². The van der Waals surface area contributed by atoms with Crippen LogP contribution in [0.15, 0.2) is 79.4 Å². The Bertz CT molecular complexity index is 1820. The predicted molar refractivity (Wildman–Crippen MR) is 135 cm³/mol. The van der Waals surface area contributed by atoms with E-state index in [1.54, 1.807) is 29.3 Å². The van der Waals surface area contributed by atoms with Gasteiger partial charge in [0, 0.05) is 28.9 Å². The quantitative estimate of drug-likeness (QED) is 0.376. The number of carbonyl (C=O) groups is 1. The highest BCUT2D eigenvalue weighted by atomic mass is 16.4. The van der Waals surface area contributed by atoms with Gasteiger partial charge in [-0.1, -0.05) is 30.3 Å². The lowest BCUT2D eigenvalue weighted by molar-refractivity contribution is -0.137. The van der Waals surface area contributed by atoms with Gasteiger partial charge in [0.25, 0.3) is 5.78 Å². The van der Waals surface area contributed by atoms with Gasteiger partial charge in [-0.2, -0.15) is 14.7 Å². The fraction of sp³-hybridized carbons (Fsp3) is 0.148. The molecule has 1 aliphatic carbocycles. The molecule has 1 saturated carbocycles. The van der Waals surface area contributed by atoms with Crippen LogP contribution in [0.3, 0.4) is 0 Å². The molecule has 0 spiro atoms. The highest BCUT2D eigenvalue weighted by Crippen LogP contribution is 2.53. The Labute approximate surface area is 210 Å². The van der Waals surface area contributed by atoms with Gasteiger partial charge in [-0.25, -0.2) is 4.98 Å². The maximum absolute atomic E-state index is 11.0.